The highest BCUT2D eigenvalue weighted by Gasteiger charge is 2.33. The Balaban J connectivity index is 1.71. The van der Waals surface area contributed by atoms with E-state index in [1.54, 1.807) is 12.1 Å². The van der Waals surface area contributed by atoms with E-state index in [4.69, 9.17) is 4.74 Å². The molecule has 18 heavy (non-hydrogen) atoms. The number of likely N-dealkylation sites (tertiary alicyclic amines) is 1. The molecule has 1 aliphatic carbocycles. The lowest BCUT2D eigenvalue weighted by molar-refractivity contribution is -0.0539. The Labute approximate surface area is 108 Å². The van der Waals surface area contributed by atoms with Crippen LogP contribution in [0.1, 0.15) is 38.5 Å². The predicted molar refractivity (Wildman–Crippen MR) is 69.0 cm³/mol. The van der Waals surface area contributed by atoms with Crippen molar-refractivity contribution in [3.05, 3.63) is 30.1 Å². The van der Waals surface area contributed by atoms with Gasteiger partial charge in [-0.15, -0.1) is 0 Å². The Kier molecular flexibility index (Phi) is 3.50. The van der Waals surface area contributed by atoms with Gasteiger partial charge in [0, 0.05) is 12.6 Å². The number of rotatable bonds is 3. The minimum Gasteiger partial charge on any atom is -0.472 e. The molecular weight excluding hydrogens is 229 g/mol. The highest BCUT2D eigenvalue weighted by molar-refractivity contribution is 5.23. The quantitative estimate of drug-likeness (QED) is 0.812. The molecule has 1 saturated carbocycles. The first-order chi connectivity index (χ1) is 8.84. The molecule has 0 spiro atoms. The van der Waals surface area contributed by atoms with Crippen LogP contribution in [-0.4, -0.2) is 23.7 Å². The number of piperidine rings is 1. The smallest absolute Gasteiger partial charge is 0.165 e. The minimum atomic E-state index is -0.253. The molecule has 3 rings (SSSR count). The van der Waals surface area contributed by atoms with E-state index in [2.05, 4.69) is 4.90 Å². The van der Waals surface area contributed by atoms with Gasteiger partial charge in [0.25, 0.3) is 0 Å². The summed E-state index contributed by atoms with van der Waals surface area (Å²) in [5.41, 5.74) is 0. The molecule has 0 amide bonds. The van der Waals surface area contributed by atoms with Gasteiger partial charge < -0.3 is 4.74 Å². The maximum atomic E-state index is 13.6. The van der Waals surface area contributed by atoms with Crippen LogP contribution in [0.4, 0.5) is 4.39 Å². The summed E-state index contributed by atoms with van der Waals surface area (Å²) in [5.74, 6) is 0.144. The molecule has 1 unspecified atom stereocenters. The van der Waals surface area contributed by atoms with Crippen molar-refractivity contribution < 1.29 is 9.13 Å². The van der Waals surface area contributed by atoms with Crippen LogP contribution in [0.5, 0.6) is 5.75 Å². The molecule has 0 N–H and O–H groups in total. The summed E-state index contributed by atoms with van der Waals surface area (Å²) in [6.45, 7) is 1.10. The summed E-state index contributed by atoms with van der Waals surface area (Å²) >= 11 is 0. The Hall–Kier alpha value is -1.09. The van der Waals surface area contributed by atoms with Crippen LogP contribution in [0.3, 0.4) is 0 Å². The van der Waals surface area contributed by atoms with Crippen molar-refractivity contribution in [2.24, 2.45) is 0 Å². The summed E-state index contributed by atoms with van der Waals surface area (Å²) in [7, 11) is 0. The third kappa shape index (κ3) is 2.37. The monoisotopic (exact) mass is 249 g/mol. The minimum absolute atomic E-state index is 0.0703. The molecular formula is C15H20FNO. The van der Waals surface area contributed by atoms with Crippen molar-refractivity contribution in [3.63, 3.8) is 0 Å². The normalized spacial score (nSPS) is 25.7. The van der Waals surface area contributed by atoms with Gasteiger partial charge in [-0.05, 0) is 44.2 Å². The molecule has 1 heterocycles. The molecule has 2 nitrogen and oxygen atoms in total. The Bertz CT molecular complexity index is 405. The average Bonchev–Trinajstić information content (AvgIpc) is 2.32. The molecule has 0 bridgehead atoms. The van der Waals surface area contributed by atoms with E-state index >= 15 is 0 Å². The number of hydrogen-bond donors (Lipinski definition) is 0. The second kappa shape index (κ2) is 5.27. The first-order valence-electron chi connectivity index (χ1n) is 7.01. The molecule has 1 aromatic rings. The van der Waals surface area contributed by atoms with Crippen molar-refractivity contribution in [1.82, 2.24) is 4.90 Å². The Morgan fingerprint density at radius 3 is 2.61 bits per heavy atom. The van der Waals surface area contributed by atoms with Gasteiger partial charge in [0.1, 0.15) is 0 Å². The Morgan fingerprint density at radius 2 is 1.89 bits per heavy atom. The summed E-state index contributed by atoms with van der Waals surface area (Å²) in [6, 6.07) is 7.39. The van der Waals surface area contributed by atoms with E-state index in [0.717, 1.165) is 13.0 Å². The second-order valence-electron chi connectivity index (χ2n) is 5.32. The number of benzene rings is 1. The van der Waals surface area contributed by atoms with Crippen molar-refractivity contribution in [1.29, 1.82) is 0 Å². The molecule has 3 heteroatoms. The van der Waals surface area contributed by atoms with Gasteiger partial charge in [-0.2, -0.15) is 0 Å². The zero-order valence-electron chi connectivity index (χ0n) is 10.6. The van der Waals surface area contributed by atoms with Gasteiger partial charge in [-0.3, -0.25) is 4.90 Å². The van der Waals surface area contributed by atoms with Crippen molar-refractivity contribution in [2.45, 2.75) is 50.8 Å². The number of halogens is 1. The van der Waals surface area contributed by atoms with Crippen molar-refractivity contribution in [3.8, 4) is 5.75 Å². The van der Waals surface area contributed by atoms with Crippen LogP contribution >= 0.6 is 0 Å². The summed E-state index contributed by atoms with van der Waals surface area (Å²) < 4.78 is 19.5. The van der Waals surface area contributed by atoms with E-state index < -0.39 is 0 Å². The zero-order valence-corrected chi connectivity index (χ0v) is 10.6. The van der Waals surface area contributed by atoms with E-state index in [-0.39, 0.29) is 12.0 Å². The van der Waals surface area contributed by atoms with Crippen LogP contribution < -0.4 is 4.74 Å². The number of nitrogens with zero attached hydrogens (tertiary/aromatic N) is 1. The zero-order chi connectivity index (χ0) is 12.4. The van der Waals surface area contributed by atoms with Gasteiger partial charge in [0.15, 0.2) is 17.8 Å². The number of ether oxygens (including phenoxy) is 1. The van der Waals surface area contributed by atoms with Crippen LogP contribution in [0.25, 0.3) is 0 Å². The molecule has 1 aliphatic heterocycles. The van der Waals surface area contributed by atoms with Gasteiger partial charge in [-0.25, -0.2) is 4.39 Å². The van der Waals surface area contributed by atoms with Gasteiger partial charge >= 0.3 is 0 Å². The van der Waals surface area contributed by atoms with Crippen LogP contribution in [0, 0.1) is 5.82 Å². The molecule has 0 radical (unpaired) electrons. The largest absolute Gasteiger partial charge is 0.472 e. The molecule has 1 aromatic carbocycles. The summed E-state index contributed by atoms with van der Waals surface area (Å²) in [5, 5.41) is 0. The van der Waals surface area contributed by atoms with Gasteiger partial charge in [-0.1, -0.05) is 18.6 Å². The number of hydrogen-bond acceptors (Lipinski definition) is 2. The third-order valence-corrected chi connectivity index (χ3v) is 4.13. The number of para-hydroxylation sites is 1. The molecule has 1 saturated heterocycles. The third-order valence-electron chi connectivity index (χ3n) is 4.13. The molecule has 2 aliphatic rings. The summed E-state index contributed by atoms with van der Waals surface area (Å²) in [6.07, 6.45) is 7.39. The maximum Gasteiger partial charge on any atom is 0.165 e. The van der Waals surface area contributed by atoms with Crippen LogP contribution in [0.15, 0.2) is 24.3 Å². The first-order valence-corrected chi connectivity index (χ1v) is 7.01. The van der Waals surface area contributed by atoms with Crippen LogP contribution in [0.2, 0.25) is 0 Å². The molecule has 0 aromatic heterocycles. The highest BCUT2D eigenvalue weighted by atomic mass is 19.1. The summed E-state index contributed by atoms with van der Waals surface area (Å²) in [4.78, 5) is 2.44. The lowest BCUT2D eigenvalue weighted by atomic mass is 9.89. The lowest BCUT2D eigenvalue weighted by Crippen LogP contribution is -2.51. The fourth-order valence-electron chi connectivity index (χ4n) is 2.87. The SMILES string of the molecule is Fc1ccccc1OC1CCCCN1C1CCC1. The van der Waals surface area contributed by atoms with Crippen molar-refractivity contribution >= 4 is 0 Å². The van der Waals surface area contributed by atoms with Gasteiger partial charge in [0.2, 0.25) is 0 Å². The van der Waals surface area contributed by atoms with E-state index in [1.807, 2.05) is 6.07 Å². The standard InChI is InChI=1S/C15H20FNO/c16-13-8-1-2-9-14(13)18-15-10-3-4-11-17(15)12-6-5-7-12/h1-2,8-9,12,15H,3-7,10-11H2. The topological polar surface area (TPSA) is 12.5 Å². The van der Waals surface area contributed by atoms with Gasteiger partial charge in [0.05, 0.1) is 0 Å². The Morgan fingerprint density at radius 1 is 1.06 bits per heavy atom. The fourth-order valence-corrected chi connectivity index (χ4v) is 2.87. The van der Waals surface area contributed by atoms with Crippen molar-refractivity contribution in [2.75, 3.05) is 6.54 Å². The maximum absolute atomic E-state index is 13.6. The average molecular weight is 249 g/mol. The van der Waals surface area contributed by atoms with Crippen LogP contribution in [-0.2, 0) is 0 Å². The lowest BCUT2D eigenvalue weighted by Gasteiger charge is -2.44. The molecule has 2 fully saturated rings. The van der Waals surface area contributed by atoms with E-state index in [0.29, 0.717) is 11.8 Å². The predicted octanol–water partition coefficient (Wildman–Crippen LogP) is 3.57. The fraction of sp³-hybridized carbons (Fsp3) is 0.600. The first kappa shape index (κ1) is 12.0. The second-order valence-corrected chi connectivity index (χ2v) is 5.32. The van der Waals surface area contributed by atoms with E-state index in [1.165, 1.54) is 38.2 Å². The molecule has 98 valence electrons. The molecule has 1 atom stereocenters. The van der Waals surface area contributed by atoms with E-state index in [9.17, 15) is 4.39 Å². The highest BCUT2D eigenvalue weighted by Crippen LogP contribution is 2.32.